The van der Waals surface area contributed by atoms with E-state index in [1.807, 2.05) is 11.9 Å². The highest BCUT2D eigenvalue weighted by Crippen LogP contribution is 2.28. The number of hydrogen-bond acceptors (Lipinski definition) is 4. The second-order valence-electron chi connectivity index (χ2n) is 4.16. The number of aromatic nitrogens is 2. The molecule has 0 spiro atoms. The van der Waals surface area contributed by atoms with E-state index in [1.165, 1.54) is 12.6 Å². The molecular weight excluding hydrogens is 206 g/mol. The molecule has 0 radical (unpaired) electrons. The van der Waals surface area contributed by atoms with E-state index in [0.717, 1.165) is 12.8 Å². The summed E-state index contributed by atoms with van der Waals surface area (Å²) >= 11 is 0. The maximum Gasteiger partial charge on any atom is 0.341 e. The summed E-state index contributed by atoms with van der Waals surface area (Å²) in [6, 6.07) is 0.424. The predicted molar refractivity (Wildman–Crippen MR) is 59.8 cm³/mol. The van der Waals surface area contributed by atoms with Crippen LogP contribution in [0.5, 0.6) is 0 Å². The molecular formula is C11H15N3O2. The molecule has 0 unspecified atom stereocenters. The van der Waals surface area contributed by atoms with Crippen molar-refractivity contribution >= 4 is 11.8 Å². The van der Waals surface area contributed by atoms with E-state index in [4.69, 9.17) is 5.11 Å². The van der Waals surface area contributed by atoms with Crippen molar-refractivity contribution in [1.29, 1.82) is 0 Å². The van der Waals surface area contributed by atoms with Crippen LogP contribution in [-0.2, 0) is 0 Å². The second-order valence-corrected chi connectivity index (χ2v) is 4.16. The van der Waals surface area contributed by atoms with E-state index >= 15 is 0 Å². The summed E-state index contributed by atoms with van der Waals surface area (Å²) in [5.41, 5.74) is 0.181. The van der Waals surface area contributed by atoms with Crippen molar-refractivity contribution in [2.75, 3.05) is 11.9 Å². The normalized spacial score (nSPS) is 15.6. The fourth-order valence-corrected chi connectivity index (χ4v) is 1.82. The number of hydrogen-bond donors (Lipinski definition) is 1. The lowest BCUT2D eigenvalue weighted by molar-refractivity contribution is 0.0696. The zero-order chi connectivity index (χ0) is 11.7. The minimum atomic E-state index is -0.971. The molecule has 1 heterocycles. The topological polar surface area (TPSA) is 66.3 Å². The summed E-state index contributed by atoms with van der Waals surface area (Å²) in [6.45, 7) is 1.77. The fraction of sp³-hybridized carbons (Fsp3) is 0.545. The number of carbonyl (C=O) groups is 1. The van der Waals surface area contributed by atoms with E-state index in [-0.39, 0.29) is 5.56 Å². The van der Waals surface area contributed by atoms with Crippen molar-refractivity contribution in [3.63, 3.8) is 0 Å². The van der Waals surface area contributed by atoms with Crippen LogP contribution in [0.1, 0.15) is 35.4 Å². The molecule has 0 saturated heterocycles. The van der Waals surface area contributed by atoms with E-state index in [0.29, 0.717) is 17.7 Å². The molecule has 0 atom stereocenters. The summed E-state index contributed by atoms with van der Waals surface area (Å²) in [7, 11) is 1.90. The number of nitrogens with zero attached hydrogens (tertiary/aromatic N) is 3. The van der Waals surface area contributed by atoms with E-state index in [1.54, 1.807) is 6.92 Å². The number of carboxylic acids is 1. The largest absolute Gasteiger partial charge is 0.477 e. The number of anilines is 1. The molecule has 16 heavy (non-hydrogen) atoms. The zero-order valence-corrected chi connectivity index (χ0v) is 9.47. The van der Waals surface area contributed by atoms with Gasteiger partial charge < -0.3 is 10.0 Å². The molecule has 2 rings (SSSR count). The van der Waals surface area contributed by atoms with Gasteiger partial charge in [0.1, 0.15) is 17.2 Å². The molecule has 5 nitrogen and oxygen atoms in total. The standard InChI is InChI=1S/C11H15N3O2/c1-7-12-6-9(11(15)16)10(13-7)14(2)8-4-3-5-8/h6,8H,3-5H2,1-2H3,(H,15,16). The smallest absolute Gasteiger partial charge is 0.341 e. The second kappa shape index (κ2) is 4.08. The number of aromatic carboxylic acids is 1. The summed E-state index contributed by atoms with van der Waals surface area (Å²) < 4.78 is 0. The minimum absolute atomic E-state index is 0.181. The third kappa shape index (κ3) is 1.85. The Hall–Kier alpha value is -1.65. The van der Waals surface area contributed by atoms with E-state index in [2.05, 4.69) is 9.97 Å². The predicted octanol–water partition coefficient (Wildman–Crippen LogP) is 1.47. The van der Waals surface area contributed by atoms with Crippen LogP contribution in [0.15, 0.2) is 6.20 Å². The maximum atomic E-state index is 11.1. The van der Waals surface area contributed by atoms with Gasteiger partial charge in [-0.1, -0.05) is 0 Å². The number of rotatable bonds is 3. The Balaban J connectivity index is 2.36. The lowest BCUT2D eigenvalue weighted by Crippen LogP contribution is -2.38. The highest BCUT2D eigenvalue weighted by molar-refractivity contribution is 5.92. The van der Waals surface area contributed by atoms with Crippen molar-refractivity contribution in [1.82, 2.24) is 9.97 Å². The molecule has 1 aliphatic rings. The molecule has 1 aromatic rings. The quantitative estimate of drug-likeness (QED) is 0.837. The Labute approximate surface area is 94.1 Å². The first kappa shape index (κ1) is 10.9. The van der Waals surface area contributed by atoms with Crippen LogP contribution in [0.3, 0.4) is 0 Å². The third-order valence-electron chi connectivity index (χ3n) is 3.08. The van der Waals surface area contributed by atoms with Gasteiger partial charge in [-0.25, -0.2) is 14.8 Å². The lowest BCUT2D eigenvalue weighted by atomic mass is 9.92. The lowest BCUT2D eigenvalue weighted by Gasteiger charge is -2.36. The van der Waals surface area contributed by atoms with Crippen LogP contribution in [0.25, 0.3) is 0 Å². The van der Waals surface area contributed by atoms with Crippen LogP contribution in [0.4, 0.5) is 5.82 Å². The monoisotopic (exact) mass is 221 g/mol. The molecule has 0 aliphatic heterocycles. The first-order chi connectivity index (χ1) is 7.59. The van der Waals surface area contributed by atoms with Gasteiger partial charge in [0.05, 0.1) is 0 Å². The highest BCUT2D eigenvalue weighted by Gasteiger charge is 2.26. The molecule has 1 N–H and O–H groups in total. The molecule has 0 bridgehead atoms. The van der Waals surface area contributed by atoms with Gasteiger partial charge in [-0.15, -0.1) is 0 Å². The van der Waals surface area contributed by atoms with Crippen LogP contribution >= 0.6 is 0 Å². The van der Waals surface area contributed by atoms with Crippen LogP contribution in [0, 0.1) is 6.92 Å². The average molecular weight is 221 g/mol. The first-order valence-corrected chi connectivity index (χ1v) is 5.39. The Morgan fingerprint density at radius 2 is 2.25 bits per heavy atom. The van der Waals surface area contributed by atoms with Crippen molar-refractivity contribution in [2.45, 2.75) is 32.2 Å². The van der Waals surface area contributed by atoms with E-state index in [9.17, 15) is 4.79 Å². The summed E-state index contributed by atoms with van der Waals surface area (Å²) in [6.07, 6.45) is 4.81. The maximum absolute atomic E-state index is 11.1. The number of aryl methyl sites for hydroxylation is 1. The van der Waals surface area contributed by atoms with Crippen molar-refractivity contribution in [2.24, 2.45) is 0 Å². The average Bonchev–Trinajstić information content (AvgIpc) is 2.14. The van der Waals surface area contributed by atoms with Gasteiger partial charge in [-0.2, -0.15) is 0 Å². The fourth-order valence-electron chi connectivity index (χ4n) is 1.82. The van der Waals surface area contributed by atoms with Gasteiger partial charge in [0, 0.05) is 19.3 Å². The van der Waals surface area contributed by atoms with Gasteiger partial charge >= 0.3 is 5.97 Å². The summed E-state index contributed by atoms with van der Waals surface area (Å²) in [5, 5.41) is 9.07. The molecule has 1 aliphatic carbocycles. The molecule has 1 saturated carbocycles. The van der Waals surface area contributed by atoms with Crippen molar-refractivity contribution < 1.29 is 9.90 Å². The molecule has 5 heteroatoms. The van der Waals surface area contributed by atoms with E-state index < -0.39 is 5.97 Å². The molecule has 0 amide bonds. The Morgan fingerprint density at radius 1 is 1.56 bits per heavy atom. The molecule has 0 aromatic carbocycles. The summed E-state index contributed by atoms with van der Waals surface area (Å²) in [4.78, 5) is 21.2. The Bertz CT molecular complexity index is 416. The zero-order valence-electron chi connectivity index (χ0n) is 9.47. The van der Waals surface area contributed by atoms with Gasteiger partial charge in [0.25, 0.3) is 0 Å². The van der Waals surface area contributed by atoms with Gasteiger partial charge in [0.15, 0.2) is 0 Å². The van der Waals surface area contributed by atoms with Crippen molar-refractivity contribution in [3.05, 3.63) is 17.6 Å². The Kier molecular flexibility index (Phi) is 2.77. The third-order valence-corrected chi connectivity index (χ3v) is 3.08. The number of carboxylic acid groups (broad SMARTS) is 1. The van der Waals surface area contributed by atoms with Gasteiger partial charge in [-0.3, -0.25) is 0 Å². The van der Waals surface area contributed by atoms with Crippen molar-refractivity contribution in [3.8, 4) is 0 Å². The Morgan fingerprint density at radius 3 is 2.75 bits per heavy atom. The van der Waals surface area contributed by atoms with Gasteiger partial charge in [0.2, 0.25) is 0 Å². The molecule has 1 aromatic heterocycles. The van der Waals surface area contributed by atoms with Crippen LogP contribution in [0.2, 0.25) is 0 Å². The SMILES string of the molecule is Cc1ncc(C(=O)O)c(N(C)C2CCC2)n1. The minimum Gasteiger partial charge on any atom is -0.477 e. The molecule has 1 fully saturated rings. The highest BCUT2D eigenvalue weighted by atomic mass is 16.4. The van der Waals surface area contributed by atoms with Crippen LogP contribution < -0.4 is 4.90 Å². The first-order valence-electron chi connectivity index (χ1n) is 5.39. The summed E-state index contributed by atoms with van der Waals surface area (Å²) in [5.74, 6) is 0.164. The van der Waals surface area contributed by atoms with Gasteiger partial charge in [-0.05, 0) is 26.2 Å². The van der Waals surface area contributed by atoms with Crippen LogP contribution in [-0.4, -0.2) is 34.1 Å². The molecule has 86 valence electrons.